The fourth-order valence-electron chi connectivity index (χ4n) is 4.86. The molecule has 1 aromatic heterocycles. The van der Waals surface area contributed by atoms with Crippen LogP contribution >= 0.6 is 11.8 Å². The van der Waals surface area contributed by atoms with E-state index in [0.29, 0.717) is 30.8 Å². The van der Waals surface area contributed by atoms with E-state index < -0.39 is 0 Å². The number of carbonyl (C=O) groups excluding carboxylic acids is 2. The van der Waals surface area contributed by atoms with Gasteiger partial charge in [-0.3, -0.25) is 9.59 Å². The average molecular weight is 538 g/mol. The quantitative estimate of drug-likeness (QED) is 0.176. The number of nitrogens with zero attached hydrogens (tertiary/aromatic N) is 2. The van der Waals surface area contributed by atoms with E-state index >= 15 is 0 Å². The predicted octanol–water partition coefficient (Wildman–Crippen LogP) is 6.43. The lowest BCUT2D eigenvalue weighted by Crippen LogP contribution is -2.23. The van der Waals surface area contributed by atoms with E-state index in [4.69, 9.17) is 4.74 Å². The van der Waals surface area contributed by atoms with Crippen molar-refractivity contribution >= 4 is 23.5 Å². The molecule has 5 rings (SSSR count). The summed E-state index contributed by atoms with van der Waals surface area (Å²) >= 11 is 1.59. The minimum absolute atomic E-state index is 0.135. The zero-order valence-electron chi connectivity index (χ0n) is 21.7. The van der Waals surface area contributed by atoms with Gasteiger partial charge in [-0.15, -0.1) is 18.3 Å². The summed E-state index contributed by atoms with van der Waals surface area (Å²) in [5, 5.41) is 2.87. The second kappa shape index (κ2) is 12.6. The summed E-state index contributed by atoms with van der Waals surface area (Å²) in [6, 6.07) is 21.6. The molecule has 1 heterocycles. The van der Waals surface area contributed by atoms with Crippen LogP contribution in [0.5, 0.6) is 5.75 Å². The van der Waals surface area contributed by atoms with Crippen molar-refractivity contribution in [1.82, 2.24) is 14.9 Å². The number of aromatic nitrogens is 2. The van der Waals surface area contributed by atoms with Gasteiger partial charge in [0.25, 0.3) is 5.91 Å². The van der Waals surface area contributed by atoms with Crippen molar-refractivity contribution in [2.75, 3.05) is 6.54 Å². The first kappa shape index (κ1) is 26.5. The van der Waals surface area contributed by atoms with Crippen LogP contribution in [0.4, 0.5) is 0 Å². The third-order valence-electron chi connectivity index (χ3n) is 6.81. The zero-order chi connectivity index (χ0) is 27.0. The predicted molar refractivity (Wildman–Crippen MR) is 154 cm³/mol. The molecule has 1 aliphatic carbocycles. The Hall–Kier alpha value is -4.10. The Morgan fingerprint density at radius 3 is 2.72 bits per heavy atom. The Labute approximate surface area is 233 Å². The standard InChI is InChI=1S/C32H31N3O3S/c1-2-17-34-32(37)26-11-6-7-14-31(26)39-21-27-24-12-8-13-28(36)25(24)15-16-29(27)38-30(20-35-19-18-33-22-35)23-9-4-3-5-10-23/h2-7,9-11,14-16,18-19,22,30H,1,8,12-13,17,20-21H2,(H,34,37)/t30-/m1/s1. The summed E-state index contributed by atoms with van der Waals surface area (Å²) in [6.45, 7) is 4.68. The van der Waals surface area contributed by atoms with Gasteiger partial charge in [-0.05, 0) is 48.2 Å². The van der Waals surface area contributed by atoms with Gasteiger partial charge < -0.3 is 14.6 Å². The Morgan fingerprint density at radius 2 is 1.92 bits per heavy atom. The van der Waals surface area contributed by atoms with Crippen molar-refractivity contribution in [3.63, 3.8) is 0 Å². The maximum Gasteiger partial charge on any atom is 0.252 e. The summed E-state index contributed by atoms with van der Waals surface area (Å²) in [4.78, 5) is 30.7. The zero-order valence-corrected chi connectivity index (χ0v) is 22.5. The highest BCUT2D eigenvalue weighted by atomic mass is 32.2. The molecule has 1 amide bonds. The highest BCUT2D eigenvalue weighted by Gasteiger charge is 2.25. The Morgan fingerprint density at radius 1 is 1.10 bits per heavy atom. The van der Waals surface area contributed by atoms with E-state index in [1.54, 1.807) is 30.4 Å². The van der Waals surface area contributed by atoms with E-state index in [-0.39, 0.29) is 17.8 Å². The number of nitrogens with one attached hydrogen (secondary N) is 1. The van der Waals surface area contributed by atoms with Gasteiger partial charge in [0.15, 0.2) is 5.78 Å². The van der Waals surface area contributed by atoms with Crippen LogP contribution in [0.1, 0.15) is 56.4 Å². The number of Topliss-reactive ketones (excluding diaryl/α,β-unsaturated/α-hetero) is 1. The van der Waals surface area contributed by atoms with Gasteiger partial charge >= 0.3 is 0 Å². The molecule has 0 spiro atoms. The maximum atomic E-state index is 12.8. The van der Waals surface area contributed by atoms with Gasteiger partial charge in [-0.1, -0.05) is 48.5 Å². The van der Waals surface area contributed by atoms with Gasteiger partial charge in [0.2, 0.25) is 0 Å². The second-order valence-electron chi connectivity index (χ2n) is 9.41. The smallest absolute Gasteiger partial charge is 0.252 e. The fourth-order valence-corrected chi connectivity index (χ4v) is 5.96. The average Bonchev–Trinajstić information content (AvgIpc) is 3.49. The highest BCUT2D eigenvalue weighted by molar-refractivity contribution is 7.98. The number of ketones is 1. The van der Waals surface area contributed by atoms with E-state index in [2.05, 4.69) is 29.0 Å². The molecule has 7 heteroatoms. The molecule has 3 aromatic carbocycles. The lowest BCUT2D eigenvalue weighted by atomic mass is 9.87. The lowest BCUT2D eigenvalue weighted by molar-refractivity contribution is 0.0952. The molecular weight excluding hydrogens is 506 g/mol. The van der Waals surface area contributed by atoms with Crippen LogP contribution in [0, 0.1) is 0 Å². The molecule has 1 atom stereocenters. The summed E-state index contributed by atoms with van der Waals surface area (Å²) in [5.74, 6) is 1.38. The third-order valence-corrected chi connectivity index (χ3v) is 7.91. The van der Waals surface area contributed by atoms with Crippen molar-refractivity contribution in [2.24, 2.45) is 0 Å². The molecule has 1 N–H and O–H groups in total. The Balaban J connectivity index is 1.49. The van der Waals surface area contributed by atoms with E-state index in [9.17, 15) is 9.59 Å². The number of thioether (sulfide) groups is 1. The van der Waals surface area contributed by atoms with E-state index in [1.165, 1.54) is 0 Å². The molecule has 0 radical (unpaired) electrons. The van der Waals surface area contributed by atoms with Crippen molar-refractivity contribution in [3.8, 4) is 5.75 Å². The molecule has 198 valence electrons. The SMILES string of the molecule is C=CCNC(=O)c1ccccc1SCc1c(O[C@H](Cn2ccnc2)c2ccccc2)ccc2c1CCCC2=O. The van der Waals surface area contributed by atoms with Crippen LogP contribution in [-0.2, 0) is 18.7 Å². The molecule has 1 aliphatic rings. The monoisotopic (exact) mass is 537 g/mol. The number of hydrogen-bond acceptors (Lipinski definition) is 5. The molecule has 0 unspecified atom stereocenters. The number of benzene rings is 3. The molecule has 0 bridgehead atoms. The lowest BCUT2D eigenvalue weighted by Gasteiger charge is -2.26. The normalized spacial score (nSPS) is 13.4. The first-order chi connectivity index (χ1) is 19.1. The van der Waals surface area contributed by atoms with Crippen molar-refractivity contribution in [1.29, 1.82) is 0 Å². The summed E-state index contributed by atoms with van der Waals surface area (Å²) in [6.07, 6.45) is 9.11. The largest absolute Gasteiger partial charge is 0.484 e. The second-order valence-corrected chi connectivity index (χ2v) is 10.4. The minimum atomic E-state index is -0.251. The molecule has 39 heavy (non-hydrogen) atoms. The topological polar surface area (TPSA) is 73.2 Å². The molecular formula is C32H31N3O3S. The van der Waals surface area contributed by atoms with Crippen molar-refractivity contribution < 1.29 is 14.3 Å². The first-order valence-electron chi connectivity index (χ1n) is 13.1. The van der Waals surface area contributed by atoms with Gasteiger partial charge in [-0.25, -0.2) is 4.98 Å². The molecule has 6 nitrogen and oxygen atoms in total. The van der Waals surface area contributed by atoms with Crippen molar-refractivity contribution in [2.45, 2.75) is 42.6 Å². The summed E-state index contributed by atoms with van der Waals surface area (Å²) < 4.78 is 8.77. The van der Waals surface area contributed by atoms with Crippen LogP contribution in [-0.4, -0.2) is 27.8 Å². The van der Waals surface area contributed by atoms with E-state index in [1.807, 2.05) is 65.4 Å². The number of hydrogen-bond donors (Lipinski definition) is 1. The molecule has 0 saturated heterocycles. The number of carbonyl (C=O) groups is 2. The molecule has 0 saturated carbocycles. The number of imidazole rings is 1. The molecule has 0 fully saturated rings. The van der Waals surface area contributed by atoms with Gasteiger partial charge in [0.1, 0.15) is 11.9 Å². The van der Waals surface area contributed by atoms with Crippen LogP contribution in [0.3, 0.4) is 0 Å². The number of ether oxygens (including phenoxy) is 1. The van der Waals surface area contributed by atoms with Gasteiger partial charge in [0, 0.05) is 47.1 Å². The van der Waals surface area contributed by atoms with E-state index in [0.717, 1.165) is 45.7 Å². The first-order valence-corrected chi connectivity index (χ1v) is 14.1. The van der Waals surface area contributed by atoms with Crippen molar-refractivity contribution in [3.05, 3.63) is 126 Å². The summed E-state index contributed by atoms with van der Waals surface area (Å²) in [7, 11) is 0. The highest BCUT2D eigenvalue weighted by Crippen LogP contribution is 2.38. The molecule has 0 aliphatic heterocycles. The van der Waals surface area contributed by atoms with Crippen LogP contribution in [0.2, 0.25) is 0 Å². The van der Waals surface area contributed by atoms with Crippen LogP contribution in [0.25, 0.3) is 0 Å². The number of rotatable bonds is 11. The number of fused-ring (bicyclic) bond motifs is 1. The fraction of sp³-hybridized carbons (Fsp3) is 0.219. The molecule has 4 aromatic rings. The van der Waals surface area contributed by atoms with Crippen LogP contribution < -0.4 is 10.1 Å². The maximum absolute atomic E-state index is 12.8. The Kier molecular flexibility index (Phi) is 8.58. The number of amides is 1. The van der Waals surface area contributed by atoms with Gasteiger partial charge in [-0.2, -0.15) is 0 Å². The minimum Gasteiger partial charge on any atom is -0.484 e. The van der Waals surface area contributed by atoms with Crippen LogP contribution in [0.15, 0.2) is 103 Å². The Bertz CT molecular complexity index is 1450. The summed E-state index contributed by atoms with van der Waals surface area (Å²) in [5.41, 5.74) is 4.53. The van der Waals surface area contributed by atoms with Gasteiger partial charge in [0.05, 0.1) is 18.4 Å². The third kappa shape index (κ3) is 6.32.